The molecule has 8 heteroatoms. The van der Waals surface area contributed by atoms with Crippen molar-refractivity contribution in [2.45, 2.75) is 13.0 Å². The lowest BCUT2D eigenvalue weighted by atomic mass is 10.4. The molecule has 0 fully saturated rings. The number of hydrogen-bond donors (Lipinski definition) is 2. The summed E-state index contributed by atoms with van der Waals surface area (Å²) in [6.45, 7) is 1.52. The Labute approximate surface area is 113 Å². The number of aromatic nitrogens is 5. The Morgan fingerprint density at radius 2 is 2.47 bits per heavy atom. The van der Waals surface area contributed by atoms with E-state index >= 15 is 0 Å². The van der Waals surface area contributed by atoms with Crippen molar-refractivity contribution < 1.29 is 4.74 Å². The molecular formula is C11H14N6OS. The molecule has 3 aromatic rings. The molecular weight excluding hydrogens is 264 g/mol. The summed E-state index contributed by atoms with van der Waals surface area (Å²) in [5.74, 6) is 1.56. The number of H-pyrrole nitrogens is 1. The zero-order chi connectivity index (χ0) is 13.1. The number of imidazole rings is 1. The van der Waals surface area contributed by atoms with Gasteiger partial charge < -0.3 is 10.1 Å². The van der Waals surface area contributed by atoms with Crippen LogP contribution in [0.3, 0.4) is 0 Å². The highest BCUT2D eigenvalue weighted by atomic mass is 32.1. The molecule has 7 nitrogen and oxygen atoms in total. The number of methoxy groups -OCH3 is 1. The fraction of sp³-hybridized carbons (Fsp3) is 0.364. The first-order valence-corrected chi connectivity index (χ1v) is 6.80. The second-order valence-corrected chi connectivity index (χ2v) is 4.86. The van der Waals surface area contributed by atoms with E-state index in [1.54, 1.807) is 18.4 Å². The molecule has 0 aromatic carbocycles. The van der Waals surface area contributed by atoms with E-state index in [9.17, 15) is 0 Å². The number of nitrogens with one attached hydrogen (secondary N) is 2. The fourth-order valence-corrected chi connectivity index (χ4v) is 2.63. The van der Waals surface area contributed by atoms with Gasteiger partial charge in [-0.2, -0.15) is 10.1 Å². The summed E-state index contributed by atoms with van der Waals surface area (Å²) in [4.78, 5) is 9.44. The fourth-order valence-electron chi connectivity index (χ4n) is 1.90. The first-order chi connectivity index (χ1) is 9.38. The standard InChI is InChI=1S/C11H14N6OS/c1-18-10-8(17-4-5-19-11(17)15-10)6-12-3-2-9-13-7-14-16-9/h4-5,7,12H,2-3,6H2,1H3,(H,13,14,16). The molecule has 3 aromatic heterocycles. The highest BCUT2D eigenvalue weighted by Crippen LogP contribution is 2.22. The van der Waals surface area contributed by atoms with Gasteiger partial charge in [-0.05, 0) is 0 Å². The summed E-state index contributed by atoms with van der Waals surface area (Å²) in [6, 6.07) is 0. The predicted octanol–water partition coefficient (Wildman–Crippen LogP) is 0.855. The largest absolute Gasteiger partial charge is 0.480 e. The van der Waals surface area contributed by atoms with Crippen LogP contribution in [0.1, 0.15) is 11.5 Å². The summed E-state index contributed by atoms with van der Waals surface area (Å²) in [5, 5.41) is 12.0. The lowest BCUT2D eigenvalue weighted by molar-refractivity contribution is 0.393. The van der Waals surface area contributed by atoms with Gasteiger partial charge in [0.25, 0.3) is 0 Å². The maximum atomic E-state index is 5.30. The second kappa shape index (κ2) is 5.37. The minimum atomic E-state index is 0.680. The van der Waals surface area contributed by atoms with Crippen molar-refractivity contribution in [3.05, 3.63) is 29.4 Å². The summed E-state index contributed by atoms with van der Waals surface area (Å²) >= 11 is 1.60. The summed E-state index contributed by atoms with van der Waals surface area (Å²) in [6.07, 6.45) is 4.33. The average molecular weight is 278 g/mol. The maximum absolute atomic E-state index is 5.30. The average Bonchev–Trinajstić information content (AvgIpc) is 3.12. The van der Waals surface area contributed by atoms with Crippen LogP contribution in [0.2, 0.25) is 0 Å². The number of thiazole rings is 1. The van der Waals surface area contributed by atoms with Crippen molar-refractivity contribution in [3.63, 3.8) is 0 Å². The minimum Gasteiger partial charge on any atom is -0.480 e. The number of hydrogen-bond acceptors (Lipinski definition) is 6. The summed E-state index contributed by atoms with van der Waals surface area (Å²) in [5.41, 5.74) is 1.04. The van der Waals surface area contributed by atoms with Gasteiger partial charge in [-0.15, -0.1) is 11.3 Å². The van der Waals surface area contributed by atoms with Crippen LogP contribution in [0.5, 0.6) is 5.88 Å². The van der Waals surface area contributed by atoms with E-state index in [0.717, 1.165) is 29.4 Å². The molecule has 2 N–H and O–H groups in total. The molecule has 0 bridgehead atoms. The van der Waals surface area contributed by atoms with Gasteiger partial charge in [-0.3, -0.25) is 9.50 Å². The zero-order valence-electron chi connectivity index (χ0n) is 10.5. The molecule has 0 aliphatic carbocycles. The summed E-state index contributed by atoms with van der Waals surface area (Å²) < 4.78 is 7.34. The third-order valence-electron chi connectivity index (χ3n) is 2.81. The monoisotopic (exact) mass is 278 g/mol. The Balaban J connectivity index is 1.62. The van der Waals surface area contributed by atoms with Crippen molar-refractivity contribution in [1.29, 1.82) is 0 Å². The third kappa shape index (κ3) is 2.45. The van der Waals surface area contributed by atoms with Crippen LogP contribution in [0.15, 0.2) is 17.9 Å². The Morgan fingerprint density at radius 1 is 1.53 bits per heavy atom. The van der Waals surface area contributed by atoms with Crippen molar-refractivity contribution in [3.8, 4) is 5.88 Å². The van der Waals surface area contributed by atoms with E-state index in [2.05, 4.69) is 25.5 Å². The third-order valence-corrected chi connectivity index (χ3v) is 3.57. The molecule has 0 atom stereocenters. The van der Waals surface area contributed by atoms with Gasteiger partial charge in [0.15, 0.2) is 4.96 Å². The molecule has 0 saturated heterocycles. The van der Waals surface area contributed by atoms with Gasteiger partial charge in [0.2, 0.25) is 5.88 Å². The van der Waals surface area contributed by atoms with Crippen molar-refractivity contribution in [2.24, 2.45) is 0 Å². The van der Waals surface area contributed by atoms with E-state index in [1.165, 1.54) is 6.33 Å². The van der Waals surface area contributed by atoms with Crippen LogP contribution < -0.4 is 10.1 Å². The van der Waals surface area contributed by atoms with Gasteiger partial charge in [0.1, 0.15) is 17.8 Å². The lowest BCUT2D eigenvalue weighted by Crippen LogP contribution is -2.18. The van der Waals surface area contributed by atoms with E-state index in [0.29, 0.717) is 12.4 Å². The SMILES string of the molecule is COc1nc2sccn2c1CNCCc1ncn[nH]1. The molecule has 0 aliphatic rings. The van der Waals surface area contributed by atoms with Gasteiger partial charge in [-0.1, -0.05) is 0 Å². The van der Waals surface area contributed by atoms with Crippen LogP contribution >= 0.6 is 11.3 Å². The number of nitrogens with zero attached hydrogens (tertiary/aromatic N) is 4. The van der Waals surface area contributed by atoms with Crippen LogP contribution in [-0.4, -0.2) is 38.2 Å². The molecule has 0 saturated carbocycles. The number of fused-ring (bicyclic) bond motifs is 1. The number of aromatic amines is 1. The van der Waals surface area contributed by atoms with Crippen LogP contribution in [0.4, 0.5) is 0 Å². The first kappa shape index (κ1) is 12.1. The molecule has 100 valence electrons. The molecule has 0 amide bonds. The van der Waals surface area contributed by atoms with Gasteiger partial charge in [0, 0.05) is 31.1 Å². The Morgan fingerprint density at radius 3 is 3.26 bits per heavy atom. The molecule has 0 aliphatic heterocycles. The van der Waals surface area contributed by atoms with Crippen LogP contribution in [0.25, 0.3) is 4.96 Å². The highest BCUT2D eigenvalue weighted by molar-refractivity contribution is 7.15. The Kier molecular flexibility index (Phi) is 3.43. The predicted molar refractivity (Wildman–Crippen MR) is 71.4 cm³/mol. The Bertz CT molecular complexity index is 643. The smallest absolute Gasteiger partial charge is 0.237 e. The molecule has 0 radical (unpaired) electrons. The van der Waals surface area contributed by atoms with E-state index in [-0.39, 0.29) is 0 Å². The van der Waals surface area contributed by atoms with Crippen LogP contribution in [-0.2, 0) is 13.0 Å². The topological polar surface area (TPSA) is 80.1 Å². The molecule has 0 unspecified atom stereocenters. The van der Waals surface area contributed by atoms with Crippen molar-refractivity contribution in [2.75, 3.05) is 13.7 Å². The molecule has 3 heterocycles. The van der Waals surface area contributed by atoms with Gasteiger partial charge >= 0.3 is 0 Å². The summed E-state index contributed by atoms with van der Waals surface area (Å²) in [7, 11) is 1.64. The van der Waals surface area contributed by atoms with Crippen LogP contribution in [0, 0.1) is 0 Å². The number of ether oxygens (including phenoxy) is 1. The first-order valence-electron chi connectivity index (χ1n) is 5.92. The molecule has 3 rings (SSSR count). The van der Waals surface area contributed by atoms with E-state index in [4.69, 9.17) is 4.74 Å². The number of rotatable bonds is 6. The lowest BCUT2D eigenvalue weighted by Gasteiger charge is -2.04. The molecule has 0 spiro atoms. The van der Waals surface area contributed by atoms with Gasteiger partial charge in [-0.25, -0.2) is 4.98 Å². The normalized spacial score (nSPS) is 11.2. The van der Waals surface area contributed by atoms with Gasteiger partial charge in [0.05, 0.1) is 7.11 Å². The van der Waals surface area contributed by atoms with Crippen molar-refractivity contribution >= 4 is 16.3 Å². The quantitative estimate of drug-likeness (QED) is 0.654. The highest BCUT2D eigenvalue weighted by Gasteiger charge is 2.12. The maximum Gasteiger partial charge on any atom is 0.237 e. The minimum absolute atomic E-state index is 0.680. The van der Waals surface area contributed by atoms with E-state index in [1.807, 2.05) is 16.0 Å². The second-order valence-electron chi connectivity index (χ2n) is 3.98. The van der Waals surface area contributed by atoms with E-state index < -0.39 is 0 Å². The molecule has 19 heavy (non-hydrogen) atoms. The zero-order valence-corrected chi connectivity index (χ0v) is 11.3. The Hall–Kier alpha value is -1.93. The van der Waals surface area contributed by atoms with Crippen molar-refractivity contribution in [1.82, 2.24) is 29.9 Å².